The van der Waals surface area contributed by atoms with Crippen molar-refractivity contribution in [2.45, 2.75) is 58.4 Å². The molecule has 0 unspecified atom stereocenters. The number of amides is 1. The Labute approximate surface area is 220 Å². The van der Waals surface area contributed by atoms with E-state index in [1.54, 1.807) is 6.92 Å². The molecular formula is C26H31FN4O6S. The number of rotatable bonds is 11. The monoisotopic (exact) mass is 546 g/mol. The first-order valence-electron chi connectivity index (χ1n) is 12.0. The predicted molar refractivity (Wildman–Crippen MR) is 140 cm³/mol. The highest BCUT2D eigenvalue weighted by molar-refractivity contribution is 7.89. The Hall–Kier alpha value is -3.77. The maximum absolute atomic E-state index is 14.0. The Morgan fingerprint density at radius 1 is 1.16 bits per heavy atom. The van der Waals surface area contributed by atoms with Gasteiger partial charge >= 0.3 is 5.97 Å². The minimum Gasteiger partial charge on any atom is -0.476 e. The van der Waals surface area contributed by atoms with Crippen molar-refractivity contribution in [2.24, 2.45) is 5.92 Å². The summed E-state index contributed by atoms with van der Waals surface area (Å²) in [7, 11) is -4.14. The maximum Gasteiger partial charge on any atom is 0.356 e. The van der Waals surface area contributed by atoms with E-state index >= 15 is 0 Å². The number of carboxylic acid groups (broad SMARTS) is 1. The molecule has 0 bridgehead atoms. The average Bonchev–Trinajstić information content (AvgIpc) is 3.15. The Morgan fingerprint density at radius 3 is 2.47 bits per heavy atom. The van der Waals surface area contributed by atoms with E-state index in [2.05, 4.69) is 15.1 Å². The summed E-state index contributed by atoms with van der Waals surface area (Å²) >= 11 is 0. The van der Waals surface area contributed by atoms with Gasteiger partial charge in [-0.1, -0.05) is 26.8 Å². The van der Waals surface area contributed by atoms with Crippen molar-refractivity contribution in [3.63, 3.8) is 0 Å². The molecule has 2 aromatic carbocycles. The zero-order valence-electron chi connectivity index (χ0n) is 21.8. The average molecular weight is 547 g/mol. The number of ether oxygens (including phenoxy) is 1. The summed E-state index contributed by atoms with van der Waals surface area (Å²) in [5.41, 5.74) is 0.183. The Morgan fingerprint density at radius 2 is 1.87 bits per heavy atom. The van der Waals surface area contributed by atoms with Crippen LogP contribution in [0.3, 0.4) is 0 Å². The second-order valence-electron chi connectivity index (χ2n) is 9.32. The topological polar surface area (TPSA) is 140 Å². The van der Waals surface area contributed by atoms with Crippen molar-refractivity contribution < 1.29 is 32.2 Å². The van der Waals surface area contributed by atoms with Gasteiger partial charge in [0.2, 0.25) is 21.8 Å². The van der Waals surface area contributed by atoms with Crippen molar-refractivity contribution >= 4 is 27.6 Å². The molecule has 0 fully saturated rings. The summed E-state index contributed by atoms with van der Waals surface area (Å²) in [6.45, 7) is 8.75. The first-order chi connectivity index (χ1) is 17.8. The molecule has 1 atom stereocenters. The molecular weight excluding hydrogens is 515 g/mol. The third kappa shape index (κ3) is 6.75. The van der Waals surface area contributed by atoms with Crippen molar-refractivity contribution in [1.82, 2.24) is 14.5 Å². The van der Waals surface area contributed by atoms with Crippen molar-refractivity contribution in [2.75, 3.05) is 5.32 Å². The minimum atomic E-state index is -4.14. The van der Waals surface area contributed by atoms with Crippen molar-refractivity contribution in [1.29, 1.82) is 0 Å². The summed E-state index contributed by atoms with van der Waals surface area (Å²) in [4.78, 5) is 23.8. The second kappa shape index (κ2) is 11.7. The first-order valence-corrected chi connectivity index (χ1v) is 13.5. The third-order valence-corrected chi connectivity index (χ3v) is 7.22. The van der Waals surface area contributed by atoms with Crippen LogP contribution in [0.25, 0.3) is 5.69 Å². The van der Waals surface area contributed by atoms with E-state index in [1.807, 2.05) is 20.8 Å². The number of carboxylic acids is 1. The highest BCUT2D eigenvalue weighted by Crippen LogP contribution is 2.35. The lowest BCUT2D eigenvalue weighted by Crippen LogP contribution is -2.32. The lowest BCUT2D eigenvalue weighted by atomic mass is 10.1. The van der Waals surface area contributed by atoms with Gasteiger partial charge in [-0.05, 0) is 62.6 Å². The molecule has 1 heterocycles. The number of halogens is 1. The van der Waals surface area contributed by atoms with Crippen molar-refractivity contribution in [3.05, 3.63) is 59.5 Å². The summed E-state index contributed by atoms with van der Waals surface area (Å²) in [6, 6.07) is 9.00. The van der Waals surface area contributed by atoms with Gasteiger partial charge in [0.1, 0.15) is 16.5 Å². The number of hydrogen-bond donors (Lipinski definition) is 3. The van der Waals surface area contributed by atoms with Crippen LogP contribution in [-0.4, -0.2) is 41.2 Å². The molecule has 10 nitrogen and oxygen atoms in total. The van der Waals surface area contributed by atoms with Gasteiger partial charge in [-0.15, -0.1) is 0 Å². The molecule has 38 heavy (non-hydrogen) atoms. The van der Waals surface area contributed by atoms with Gasteiger partial charge in [-0.25, -0.2) is 22.3 Å². The van der Waals surface area contributed by atoms with Gasteiger partial charge in [0.15, 0.2) is 5.69 Å². The van der Waals surface area contributed by atoms with Gasteiger partial charge in [0.25, 0.3) is 0 Å². The normalized spacial score (nSPS) is 12.4. The standard InChI is InChI=1S/C26H31FN4O6S/c1-6-16(4)30-38(35,36)22-14-19(28-23(32)12-15(2)3)10-11-21(22)37-25-17(5)24(26(33)34)29-31(25)20-9-7-8-18(27)13-20/h7-11,13-16,30H,6,12H2,1-5H3,(H,28,32)(H,33,34)/t16-/m0/s1. The van der Waals surface area contributed by atoms with Gasteiger partial charge in [0.05, 0.1) is 5.69 Å². The quantitative estimate of drug-likeness (QED) is 0.312. The fourth-order valence-corrected chi connectivity index (χ4v) is 5.05. The van der Waals surface area contributed by atoms with E-state index in [1.165, 1.54) is 43.3 Å². The van der Waals surface area contributed by atoms with E-state index in [0.717, 1.165) is 10.7 Å². The summed E-state index contributed by atoms with van der Waals surface area (Å²) in [5.74, 6) is -2.34. The molecule has 0 aliphatic rings. The van der Waals surface area contributed by atoms with Crippen LogP contribution in [0, 0.1) is 18.7 Å². The summed E-state index contributed by atoms with van der Waals surface area (Å²) < 4.78 is 50.3. The second-order valence-corrected chi connectivity index (χ2v) is 11.0. The number of benzene rings is 2. The number of aromatic nitrogens is 2. The van der Waals surface area contributed by atoms with Gasteiger partial charge in [-0.3, -0.25) is 4.79 Å². The lowest BCUT2D eigenvalue weighted by Gasteiger charge is -2.18. The highest BCUT2D eigenvalue weighted by atomic mass is 32.2. The SMILES string of the molecule is CC[C@H](C)NS(=O)(=O)c1cc(NC(=O)CC(C)C)ccc1Oc1c(C)c(C(=O)O)nn1-c1cccc(F)c1. The van der Waals surface area contributed by atoms with Crippen LogP contribution >= 0.6 is 0 Å². The molecule has 12 heteroatoms. The van der Waals surface area contributed by atoms with Crippen LogP contribution in [0.1, 0.15) is 56.6 Å². The molecule has 0 radical (unpaired) electrons. The Bertz CT molecular complexity index is 1450. The van der Waals surface area contributed by atoms with Crippen LogP contribution < -0.4 is 14.8 Å². The molecule has 1 aromatic heterocycles. The van der Waals surface area contributed by atoms with Gasteiger partial charge < -0.3 is 15.2 Å². The van der Waals surface area contributed by atoms with Crippen LogP contribution in [-0.2, 0) is 14.8 Å². The number of anilines is 1. The number of nitrogens with one attached hydrogen (secondary N) is 2. The predicted octanol–water partition coefficient (Wildman–Crippen LogP) is 4.87. The van der Waals surface area contributed by atoms with Crippen molar-refractivity contribution in [3.8, 4) is 17.3 Å². The number of carbonyl (C=O) groups is 2. The highest BCUT2D eigenvalue weighted by Gasteiger charge is 2.27. The van der Waals surface area contributed by atoms with Gasteiger partial charge in [0, 0.05) is 23.7 Å². The molecule has 0 saturated heterocycles. The molecule has 3 aromatic rings. The largest absolute Gasteiger partial charge is 0.476 e. The fourth-order valence-electron chi connectivity index (χ4n) is 3.57. The Kier molecular flexibility index (Phi) is 8.89. The van der Waals surface area contributed by atoms with E-state index in [0.29, 0.717) is 6.42 Å². The van der Waals surface area contributed by atoms with Crippen LogP contribution in [0.15, 0.2) is 47.4 Å². The van der Waals surface area contributed by atoms with E-state index < -0.39 is 27.9 Å². The molecule has 3 N–H and O–H groups in total. The van der Waals surface area contributed by atoms with Crippen LogP contribution in [0.4, 0.5) is 10.1 Å². The fraction of sp³-hybridized carbons (Fsp3) is 0.346. The zero-order valence-corrected chi connectivity index (χ0v) is 22.6. The molecule has 0 aliphatic heterocycles. The molecule has 0 saturated carbocycles. The maximum atomic E-state index is 14.0. The lowest BCUT2D eigenvalue weighted by molar-refractivity contribution is -0.116. The molecule has 0 aliphatic carbocycles. The summed E-state index contributed by atoms with van der Waals surface area (Å²) in [5, 5.41) is 16.4. The van der Waals surface area contributed by atoms with E-state index in [4.69, 9.17) is 4.74 Å². The number of carbonyl (C=O) groups excluding carboxylic acids is 1. The van der Waals surface area contributed by atoms with Gasteiger partial charge in [-0.2, -0.15) is 9.78 Å². The number of aromatic carboxylic acids is 1. The molecule has 1 amide bonds. The minimum absolute atomic E-state index is 0.0994. The van der Waals surface area contributed by atoms with Crippen LogP contribution in [0.5, 0.6) is 11.6 Å². The first kappa shape index (κ1) is 28.8. The number of hydrogen-bond acceptors (Lipinski definition) is 6. The third-order valence-electron chi connectivity index (χ3n) is 5.61. The molecule has 204 valence electrons. The van der Waals surface area contributed by atoms with E-state index in [9.17, 15) is 27.5 Å². The molecule has 3 rings (SSSR count). The Balaban J connectivity index is 2.15. The van der Waals surface area contributed by atoms with E-state index in [-0.39, 0.29) is 57.4 Å². The number of nitrogens with zero attached hydrogens (tertiary/aromatic N) is 2. The zero-order chi connectivity index (χ0) is 28.2. The smallest absolute Gasteiger partial charge is 0.356 e. The number of sulfonamides is 1. The molecule has 0 spiro atoms. The van der Waals surface area contributed by atoms with Crippen LogP contribution in [0.2, 0.25) is 0 Å². The summed E-state index contributed by atoms with van der Waals surface area (Å²) in [6.07, 6.45) is 0.767.